The van der Waals surface area contributed by atoms with E-state index >= 15 is 0 Å². The molecule has 15 heavy (non-hydrogen) atoms. The minimum atomic E-state index is -0.605. The van der Waals surface area contributed by atoms with Gasteiger partial charge in [0.2, 0.25) is 0 Å². The van der Waals surface area contributed by atoms with Crippen molar-refractivity contribution in [1.29, 1.82) is 0 Å². The number of aryl methyl sites for hydroxylation is 1. The Labute approximate surface area is 84.6 Å². The van der Waals surface area contributed by atoms with Gasteiger partial charge in [0.25, 0.3) is 5.56 Å². The number of aliphatic hydroxyl groups excluding tert-OH is 1. The molecule has 1 N–H and O–H groups in total. The molecule has 0 spiro atoms. The fraction of sp³-hybridized carbons (Fsp3) is 0.200. The Kier molecular flexibility index (Phi) is 2.24. The molecule has 0 unspecified atom stereocenters. The summed E-state index contributed by atoms with van der Waals surface area (Å²) in [5.41, 5.74) is 0.664. The fourth-order valence-electron chi connectivity index (χ4n) is 1.55. The van der Waals surface area contributed by atoms with Gasteiger partial charge in [0, 0.05) is 18.7 Å². The zero-order chi connectivity index (χ0) is 11.0. The van der Waals surface area contributed by atoms with E-state index in [-0.39, 0.29) is 11.1 Å². The van der Waals surface area contributed by atoms with Crippen LogP contribution in [0.15, 0.2) is 23.1 Å². The van der Waals surface area contributed by atoms with E-state index in [9.17, 15) is 9.18 Å². The number of rotatable bonds is 1. The molecular formula is C10H9FN2O2. The van der Waals surface area contributed by atoms with Crippen LogP contribution in [0.4, 0.5) is 4.39 Å². The molecule has 0 atom stereocenters. The van der Waals surface area contributed by atoms with Crippen LogP contribution in [0.5, 0.6) is 0 Å². The van der Waals surface area contributed by atoms with Crippen LogP contribution in [-0.2, 0) is 13.7 Å². The third-order valence-electron chi connectivity index (χ3n) is 2.34. The average Bonchev–Trinajstić information content (AvgIpc) is 2.24. The Hall–Kier alpha value is -1.75. The van der Waals surface area contributed by atoms with Crippen LogP contribution < -0.4 is 5.56 Å². The lowest BCUT2D eigenvalue weighted by atomic mass is 10.2. The monoisotopic (exact) mass is 208 g/mol. The summed E-state index contributed by atoms with van der Waals surface area (Å²) in [4.78, 5) is 15.2. The Morgan fingerprint density at radius 1 is 1.53 bits per heavy atom. The Morgan fingerprint density at radius 3 is 2.93 bits per heavy atom. The first kappa shape index (κ1) is 9.79. The molecule has 0 aromatic carbocycles. The largest absolute Gasteiger partial charge is 0.391 e. The summed E-state index contributed by atoms with van der Waals surface area (Å²) in [6.07, 6.45) is 1.04. The highest BCUT2D eigenvalue weighted by molar-refractivity contribution is 5.78. The first-order valence-corrected chi connectivity index (χ1v) is 4.39. The second kappa shape index (κ2) is 3.43. The Bertz CT molecular complexity index is 577. The van der Waals surface area contributed by atoms with Crippen molar-refractivity contribution in [2.24, 2.45) is 7.05 Å². The molecule has 0 saturated carbocycles. The summed E-state index contributed by atoms with van der Waals surface area (Å²) in [5.74, 6) is -0.605. The van der Waals surface area contributed by atoms with Gasteiger partial charge >= 0.3 is 0 Å². The predicted octanol–water partition coefficient (Wildman–Crippen LogP) is 0.565. The number of fused-ring (bicyclic) bond motifs is 1. The van der Waals surface area contributed by atoms with Crippen LogP contribution in [0.1, 0.15) is 5.56 Å². The molecule has 0 aliphatic carbocycles. The van der Waals surface area contributed by atoms with Crippen molar-refractivity contribution in [2.45, 2.75) is 6.61 Å². The highest BCUT2D eigenvalue weighted by atomic mass is 19.1. The zero-order valence-corrected chi connectivity index (χ0v) is 8.07. The number of hydrogen-bond donors (Lipinski definition) is 1. The molecule has 2 rings (SSSR count). The maximum Gasteiger partial charge on any atom is 0.250 e. The van der Waals surface area contributed by atoms with Crippen LogP contribution in [0.2, 0.25) is 0 Å². The molecule has 78 valence electrons. The third kappa shape index (κ3) is 1.41. The molecule has 2 aromatic heterocycles. The van der Waals surface area contributed by atoms with Crippen molar-refractivity contribution in [3.63, 3.8) is 0 Å². The normalized spacial score (nSPS) is 10.9. The number of nitrogens with zero attached hydrogens (tertiary/aromatic N) is 2. The van der Waals surface area contributed by atoms with E-state index in [0.29, 0.717) is 11.0 Å². The summed E-state index contributed by atoms with van der Waals surface area (Å²) < 4.78 is 14.6. The third-order valence-corrected chi connectivity index (χ3v) is 2.34. The SMILES string of the molecule is Cn1c(=O)ccc2ncc(F)c(CO)c21. The van der Waals surface area contributed by atoms with Crippen molar-refractivity contribution < 1.29 is 9.50 Å². The number of halogens is 1. The second-order valence-electron chi connectivity index (χ2n) is 3.21. The lowest BCUT2D eigenvalue weighted by Gasteiger charge is -2.08. The van der Waals surface area contributed by atoms with E-state index in [1.54, 1.807) is 0 Å². The van der Waals surface area contributed by atoms with Gasteiger partial charge in [-0.05, 0) is 6.07 Å². The van der Waals surface area contributed by atoms with Gasteiger partial charge in [-0.2, -0.15) is 0 Å². The van der Waals surface area contributed by atoms with Crippen LogP contribution >= 0.6 is 0 Å². The van der Waals surface area contributed by atoms with Gasteiger partial charge in [-0.15, -0.1) is 0 Å². The van der Waals surface area contributed by atoms with Crippen molar-refractivity contribution in [3.8, 4) is 0 Å². The lowest BCUT2D eigenvalue weighted by molar-refractivity contribution is 0.276. The number of aromatic nitrogens is 2. The molecule has 0 fully saturated rings. The maximum absolute atomic E-state index is 13.3. The molecule has 0 saturated heterocycles. The molecule has 0 amide bonds. The molecule has 2 heterocycles. The average molecular weight is 208 g/mol. The molecule has 0 aliphatic heterocycles. The molecular weight excluding hydrogens is 199 g/mol. The Morgan fingerprint density at radius 2 is 2.27 bits per heavy atom. The van der Waals surface area contributed by atoms with Crippen LogP contribution in [0.3, 0.4) is 0 Å². The zero-order valence-electron chi connectivity index (χ0n) is 8.07. The summed E-state index contributed by atoms with van der Waals surface area (Å²) in [7, 11) is 1.52. The summed E-state index contributed by atoms with van der Waals surface area (Å²) in [6.45, 7) is -0.456. The summed E-state index contributed by atoms with van der Waals surface area (Å²) in [6, 6.07) is 2.87. The van der Waals surface area contributed by atoms with Gasteiger partial charge in [-0.1, -0.05) is 0 Å². The summed E-state index contributed by atoms with van der Waals surface area (Å²) in [5, 5.41) is 9.05. The van der Waals surface area contributed by atoms with E-state index in [0.717, 1.165) is 6.20 Å². The second-order valence-corrected chi connectivity index (χ2v) is 3.21. The number of aliphatic hydroxyl groups is 1. The van der Waals surface area contributed by atoms with Crippen molar-refractivity contribution in [1.82, 2.24) is 9.55 Å². The van der Waals surface area contributed by atoms with E-state index < -0.39 is 12.4 Å². The minimum Gasteiger partial charge on any atom is -0.391 e. The molecule has 0 aliphatic rings. The van der Waals surface area contributed by atoms with Gasteiger partial charge in [-0.25, -0.2) is 4.39 Å². The van der Waals surface area contributed by atoms with Crippen molar-refractivity contribution in [3.05, 3.63) is 40.1 Å². The molecule has 2 aromatic rings. The van der Waals surface area contributed by atoms with Gasteiger partial charge in [0.05, 0.1) is 23.8 Å². The van der Waals surface area contributed by atoms with E-state index in [1.165, 1.54) is 23.7 Å². The maximum atomic E-state index is 13.3. The summed E-state index contributed by atoms with van der Waals surface area (Å²) >= 11 is 0. The van der Waals surface area contributed by atoms with Gasteiger partial charge in [0.15, 0.2) is 0 Å². The number of pyridine rings is 2. The van der Waals surface area contributed by atoms with Gasteiger partial charge < -0.3 is 9.67 Å². The molecule has 0 radical (unpaired) electrons. The number of hydrogen-bond acceptors (Lipinski definition) is 3. The standard InChI is InChI=1S/C10H9FN2O2/c1-13-9(15)3-2-8-10(13)6(5-14)7(11)4-12-8/h2-4,14H,5H2,1H3. The van der Waals surface area contributed by atoms with E-state index in [1.807, 2.05) is 0 Å². The van der Waals surface area contributed by atoms with E-state index in [4.69, 9.17) is 5.11 Å². The van der Waals surface area contributed by atoms with Crippen LogP contribution in [0, 0.1) is 5.82 Å². The molecule has 4 nitrogen and oxygen atoms in total. The molecule has 5 heteroatoms. The first-order chi connectivity index (χ1) is 7.15. The van der Waals surface area contributed by atoms with Crippen molar-refractivity contribution >= 4 is 11.0 Å². The predicted molar refractivity (Wildman–Crippen MR) is 52.9 cm³/mol. The Balaban J connectivity index is 3.01. The molecule has 0 bridgehead atoms. The quantitative estimate of drug-likeness (QED) is 0.745. The fourth-order valence-corrected chi connectivity index (χ4v) is 1.55. The highest BCUT2D eigenvalue weighted by Gasteiger charge is 2.10. The van der Waals surface area contributed by atoms with Crippen LogP contribution in [0.25, 0.3) is 11.0 Å². The van der Waals surface area contributed by atoms with Crippen LogP contribution in [-0.4, -0.2) is 14.7 Å². The minimum absolute atomic E-state index is 0.0974. The van der Waals surface area contributed by atoms with E-state index in [2.05, 4.69) is 4.98 Å². The van der Waals surface area contributed by atoms with Gasteiger partial charge in [-0.3, -0.25) is 9.78 Å². The lowest BCUT2D eigenvalue weighted by Crippen LogP contribution is -2.17. The highest BCUT2D eigenvalue weighted by Crippen LogP contribution is 2.17. The van der Waals surface area contributed by atoms with Gasteiger partial charge in [0.1, 0.15) is 5.82 Å². The first-order valence-electron chi connectivity index (χ1n) is 4.39. The smallest absolute Gasteiger partial charge is 0.250 e. The topological polar surface area (TPSA) is 55.1 Å². The van der Waals surface area contributed by atoms with Crippen molar-refractivity contribution in [2.75, 3.05) is 0 Å².